The standard InChI is InChI=1S/C21H29N5OS/c1-16(2)10-13-25-19(27)17-8-4-5-9-18(17)26-20(25)22-23-21(26)28-15-14-24-11-6-3-7-12-24/h4-5,8-9,16H,3,6-7,10-15H2,1-2H3. The molecule has 0 radical (unpaired) electrons. The van der Waals surface area contributed by atoms with E-state index < -0.39 is 0 Å². The minimum absolute atomic E-state index is 0.0287. The van der Waals surface area contributed by atoms with Crippen LogP contribution < -0.4 is 5.56 Å². The molecule has 3 aromatic rings. The molecular weight excluding hydrogens is 370 g/mol. The molecule has 150 valence electrons. The SMILES string of the molecule is CC(C)CCn1c(=O)c2ccccc2n2c(SCCN3CCCCC3)nnc12. The first-order chi connectivity index (χ1) is 13.6. The molecule has 0 bridgehead atoms. The minimum atomic E-state index is 0.0287. The van der Waals surface area contributed by atoms with Gasteiger partial charge in [0.05, 0.1) is 10.9 Å². The third-order valence-corrected chi connectivity index (χ3v) is 6.40. The number of nitrogens with zero attached hydrogens (tertiary/aromatic N) is 5. The first kappa shape index (κ1) is 19.5. The molecule has 4 rings (SSSR count). The van der Waals surface area contributed by atoms with Gasteiger partial charge in [-0.25, -0.2) is 0 Å². The fraction of sp³-hybridized carbons (Fsp3) is 0.571. The fourth-order valence-electron chi connectivity index (χ4n) is 3.86. The number of piperidine rings is 1. The third kappa shape index (κ3) is 3.96. The number of para-hydroxylation sites is 1. The number of benzene rings is 1. The lowest BCUT2D eigenvalue weighted by Crippen LogP contribution is -2.31. The van der Waals surface area contributed by atoms with Crippen LogP contribution >= 0.6 is 11.8 Å². The maximum Gasteiger partial charge on any atom is 0.262 e. The quantitative estimate of drug-likeness (QED) is 0.568. The molecule has 2 aromatic heterocycles. The molecule has 1 aliphatic rings. The largest absolute Gasteiger partial charge is 0.303 e. The summed E-state index contributed by atoms with van der Waals surface area (Å²) in [6, 6.07) is 7.80. The molecular formula is C21H29N5OS. The zero-order valence-electron chi connectivity index (χ0n) is 16.8. The highest BCUT2D eigenvalue weighted by atomic mass is 32.2. The van der Waals surface area contributed by atoms with Gasteiger partial charge in [-0.2, -0.15) is 0 Å². The third-order valence-electron chi connectivity index (χ3n) is 5.50. The van der Waals surface area contributed by atoms with Crippen LogP contribution in [0.15, 0.2) is 34.2 Å². The van der Waals surface area contributed by atoms with Gasteiger partial charge in [-0.05, 0) is 50.4 Å². The van der Waals surface area contributed by atoms with Crippen LogP contribution in [-0.4, -0.2) is 49.5 Å². The van der Waals surface area contributed by atoms with E-state index in [1.54, 1.807) is 16.3 Å². The van der Waals surface area contributed by atoms with Crippen molar-refractivity contribution in [3.05, 3.63) is 34.6 Å². The molecule has 3 heterocycles. The van der Waals surface area contributed by atoms with Gasteiger partial charge in [0.2, 0.25) is 5.78 Å². The van der Waals surface area contributed by atoms with E-state index in [1.807, 2.05) is 24.3 Å². The highest BCUT2D eigenvalue weighted by Gasteiger charge is 2.17. The Balaban J connectivity index is 1.67. The van der Waals surface area contributed by atoms with E-state index >= 15 is 0 Å². The van der Waals surface area contributed by atoms with Crippen LogP contribution in [0.4, 0.5) is 0 Å². The molecule has 0 N–H and O–H groups in total. The van der Waals surface area contributed by atoms with Crippen molar-refractivity contribution < 1.29 is 0 Å². The summed E-state index contributed by atoms with van der Waals surface area (Å²) in [6.07, 6.45) is 4.92. The summed E-state index contributed by atoms with van der Waals surface area (Å²) < 4.78 is 3.86. The Morgan fingerprint density at radius 2 is 1.86 bits per heavy atom. The summed E-state index contributed by atoms with van der Waals surface area (Å²) in [6.45, 7) is 8.51. The molecule has 1 aliphatic heterocycles. The second-order valence-electron chi connectivity index (χ2n) is 8.03. The number of likely N-dealkylation sites (tertiary alicyclic amines) is 1. The lowest BCUT2D eigenvalue weighted by molar-refractivity contribution is 0.242. The Morgan fingerprint density at radius 1 is 1.07 bits per heavy atom. The van der Waals surface area contributed by atoms with Gasteiger partial charge in [0.1, 0.15) is 0 Å². The summed E-state index contributed by atoms with van der Waals surface area (Å²) in [5.41, 5.74) is 0.926. The van der Waals surface area contributed by atoms with Gasteiger partial charge in [-0.15, -0.1) is 10.2 Å². The molecule has 0 unspecified atom stereocenters. The van der Waals surface area contributed by atoms with Crippen molar-refractivity contribution in [2.45, 2.75) is 51.2 Å². The topological polar surface area (TPSA) is 55.4 Å². The first-order valence-electron chi connectivity index (χ1n) is 10.4. The van der Waals surface area contributed by atoms with Crippen molar-refractivity contribution in [2.75, 3.05) is 25.4 Å². The minimum Gasteiger partial charge on any atom is -0.303 e. The van der Waals surface area contributed by atoms with Crippen LogP contribution in [0.1, 0.15) is 39.5 Å². The predicted molar refractivity (Wildman–Crippen MR) is 115 cm³/mol. The molecule has 0 spiro atoms. The molecule has 28 heavy (non-hydrogen) atoms. The van der Waals surface area contributed by atoms with Gasteiger partial charge >= 0.3 is 0 Å². The molecule has 1 aromatic carbocycles. The summed E-state index contributed by atoms with van der Waals surface area (Å²) >= 11 is 1.74. The Bertz CT molecular complexity index is 1000. The average molecular weight is 400 g/mol. The summed E-state index contributed by atoms with van der Waals surface area (Å²) in [5, 5.41) is 10.5. The van der Waals surface area contributed by atoms with Crippen molar-refractivity contribution in [3.63, 3.8) is 0 Å². The number of aromatic nitrogens is 4. The Morgan fingerprint density at radius 3 is 2.64 bits per heavy atom. The highest BCUT2D eigenvalue weighted by molar-refractivity contribution is 7.99. The van der Waals surface area contributed by atoms with Gasteiger partial charge in [-0.3, -0.25) is 13.8 Å². The maximum atomic E-state index is 13.1. The smallest absolute Gasteiger partial charge is 0.262 e. The molecule has 7 heteroatoms. The molecule has 0 aliphatic carbocycles. The molecule has 0 atom stereocenters. The van der Waals surface area contributed by atoms with Crippen molar-refractivity contribution in [3.8, 4) is 0 Å². The fourth-order valence-corrected chi connectivity index (χ4v) is 4.80. The second kappa shape index (κ2) is 8.66. The van der Waals surface area contributed by atoms with Crippen molar-refractivity contribution in [2.24, 2.45) is 5.92 Å². The highest BCUT2D eigenvalue weighted by Crippen LogP contribution is 2.22. The molecule has 1 fully saturated rings. The van der Waals surface area contributed by atoms with Crippen LogP contribution in [-0.2, 0) is 6.54 Å². The zero-order chi connectivity index (χ0) is 19.5. The Labute approximate surface area is 169 Å². The van der Waals surface area contributed by atoms with Crippen molar-refractivity contribution >= 4 is 28.4 Å². The van der Waals surface area contributed by atoms with E-state index in [4.69, 9.17) is 0 Å². The summed E-state index contributed by atoms with van der Waals surface area (Å²) in [4.78, 5) is 15.6. The number of aryl methyl sites for hydroxylation is 1. The zero-order valence-corrected chi connectivity index (χ0v) is 17.6. The molecule has 6 nitrogen and oxygen atoms in total. The van der Waals surface area contributed by atoms with Crippen molar-refractivity contribution in [1.82, 2.24) is 24.1 Å². The Hall–Kier alpha value is -1.86. The van der Waals surface area contributed by atoms with Crippen molar-refractivity contribution in [1.29, 1.82) is 0 Å². The number of hydrogen-bond acceptors (Lipinski definition) is 5. The normalized spacial score (nSPS) is 15.8. The van der Waals surface area contributed by atoms with E-state index in [-0.39, 0.29) is 5.56 Å². The molecule has 0 saturated carbocycles. The monoisotopic (exact) mass is 399 g/mol. The van der Waals surface area contributed by atoms with Crippen LogP contribution in [0.5, 0.6) is 0 Å². The van der Waals surface area contributed by atoms with Gasteiger partial charge < -0.3 is 4.90 Å². The van der Waals surface area contributed by atoms with Gasteiger partial charge in [0.25, 0.3) is 5.56 Å². The summed E-state index contributed by atoms with van der Waals surface area (Å²) in [5.74, 6) is 2.17. The predicted octanol–water partition coefficient (Wildman–Crippen LogP) is 3.67. The average Bonchev–Trinajstić information content (AvgIpc) is 3.12. The number of fused-ring (bicyclic) bond motifs is 3. The number of hydrogen-bond donors (Lipinski definition) is 0. The van der Waals surface area contributed by atoms with E-state index in [0.717, 1.165) is 34.8 Å². The molecule has 0 amide bonds. The van der Waals surface area contributed by atoms with Crippen LogP contribution in [0, 0.1) is 5.92 Å². The lowest BCUT2D eigenvalue weighted by Gasteiger charge is -2.25. The van der Waals surface area contributed by atoms with Crippen LogP contribution in [0.2, 0.25) is 0 Å². The Kier molecular flexibility index (Phi) is 6.01. The van der Waals surface area contributed by atoms with Crippen LogP contribution in [0.3, 0.4) is 0 Å². The number of thioether (sulfide) groups is 1. The van der Waals surface area contributed by atoms with Gasteiger partial charge in [0.15, 0.2) is 5.16 Å². The second-order valence-corrected chi connectivity index (χ2v) is 9.09. The maximum absolute atomic E-state index is 13.1. The molecule has 1 saturated heterocycles. The summed E-state index contributed by atoms with van der Waals surface area (Å²) in [7, 11) is 0. The van der Waals surface area contributed by atoms with Crippen LogP contribution in [0.25, 0.3) is 16.7 Å². The van der Waals surface area contributed by atoms with Gasteiger partial charge in [0, 0.05) is 18.8 Å². The van der Waals surface area contributed by atoms with E-state index in [2.05, 4.69) is 33.3 Å². The van der Waals surface area contributed by atoms with E-state index in [0.29, 0.717) is 18.2 Å². The van der Waals surface area contributed by atoms with E-state index in [9.17, 15) is 4.79 Å². The van der Waals surface area contributed by atoms with Gasteiger partial charge in [-0.1, -0.05) is 44.2 Å². The number of rotatable bonds is 7. The first-order valence-corrected chi connectivity index (χ1v) is 11.4. The lowest BCUT2D eigenvalue weighted by atomic mass is 10.1. The van der Waals surface area contributed by atoms with E-state index in [1.165, 1.54) is 32.4 Å².